The lowest BCUT2D eigenvalue weighted by molar-refractivity contribution is 0.0600. The molecule has 1 atom stereocenters. The molecule has 4 rings (SSSR count). The lowest BCUT2D eigenvalue weighted by atomic mass is 10.2. The second-order valence-electron chi connectivity index (χ2n) is 9.35. The third-order valence-electron chi connectivity index (χ3n) is 5.07. The first-order valence-electron chi connectivity index (χ1n) is 11.3. The van der Waals surface area contributed by atoms with Crippen LogP contribution in [0.25, 0.3) is 11.1 Å². The number of anilines is 2. The molecule has 0 aliphatic carbocycles. The number of carbonyl (C=O) groups excluding carboxylic acids is 2. The van der Waals surface area contributed by atoms with Crippen molar-refractivity contribution in [3.63, 3.8) is 0 Å². The van der Waals surface area contributed by atoms with Crippen LogP contribution in [0.4, 0.5) is 16.3 Å². The van der Waals surface area contributed by atoms with E-state index >= 15 is 0 Å². The van der Waals surface area contributed by atoms with Gasteiger partial charge in [0.15, 0.2) is 22.7 Å². The summed E-state index contributed by atoms with van der Waals surface area (Å²) in [5.41, 5.74) is 6.23. The Kier molecular flexibility index (Phi) is 7.78. The molecule has 1 fully saturated rings. The molecule has 3 N–H and O–H groups in total. The van der Waals surface area contributed by atoms with Crippen molar-refractivity contribution in [3.05, 3.63) is 36.1 Å². The number of oxazole rings is 1. The third-order valence-corrected chi connectivity index (χ3v) is 5.07. The van der Waals surface area contributed by atoms with E-state index in [0.29, 0.717) is 34.3 Å². The molecule has 188 valence electrons. The molecule has 0 unspecified atom stereocenters. The number of aromatic nitrogens is 3. The van der Waals surface area contributed by atoms with Crippen molar-refractivity contribution in [3.8, 4) is 5.75 Å². The second kappa shape index (κ2) is 10.6. The van der Waals surface area contributed by atoms with Crippen LogP contribution in [0.1, 0.15) is 50.5 Å². The summed E-state index contributed by atoms with van der Waals surface area (Å²) in [5, 5.41) is 2.81. The molecule has 0 saturated carbocycles. The highest BCUT2D eigenvalue weighted by atomic mass is 16.6. The van der Waals surface area contributed by atoms with Gasteiger partial charge in [0.2, 0.25) is 0 Å². The lowest BCUT2D eigenvalue weighted by Crippen LogP contribution is -2.27. The number of hydrogen-bond donors (Lipinski definition) is 2. The summed E-state index contributed by atoms with van der Waals surface area (Å²) in [6, 6.07) is 3.42. The first kappa shape index (κ1) is 25.7. The minimum Gasteiger partial charge on any atom is -0.494 e. The minimum absolute atomic E-state index is 0.249. The largest absolute Gasteiger partial charge is 0.494 e. The fourth-order valence-electron chi connectivity index (χ4n) is 3.58. The Morgan fingerprint density at radius 2 is 1.97 bits per heavy atom. The van der Waals surface area contributed by atoms with Gasteiger partial charge in [0.1, 0.15) is 17.1 Å². The van der Waals surface area contributed by atoms with Crippen molar-refractivity contribution in [2.45, 2.75) is 46.6 Å². The quantitative estimate of drug-likeness (QED) is 0.562. The van der Waals surface area contributed by atoms with Gasteiger partial charge in [-0.3, -0.25) is 4.79 Å². The molecule has 35 heavy (non-hydrogen) atoms. The van der Waals surface area contributed by atoms with E-state index in [4.69, 9.17) is 14.9 Å². The molecule has 2 amide bonds. The van der Waals surface area contributed by atoms with Crippen LogP contribution in [-0.4, -0.2) is 52.8 Å². The molecule has 1 aliphatic rings. The van der Waals surface area contributed by atoms with Crippen molar-refractivity contribution in [2.75, 3.05) is 30.4 Å². The Hall–Kier alpha value is -3.89. The summed E-state index contributed by atoms with van der Waals surface area (Å²) < 4.78 is 15.5. The molecule has 1 aromatic carbocycles. The number of aryl methyl sites for hydroxylation is 1. The molecule has 3 heterocycles. The van der Waals surface area contributed by atoms with E-state index in [1.54, 1.807) is 53.1 Å². The van der Waals surface area contributed by atoms with Gasteiger partial charge in [0.25, 0.3) is 5.91 Å². The van der Waals surface area contributed by atoms with E-state index < -0.39 is 11.7 Å². The van der Waals surface area contributed by atoms with E-state index in [2.05, 4.69) is 36.8 Å². The van der Waals surface area contributed by atoms with Gasteiger partial charge in [0, 0.05) is 37.8 Å². The molecular weight excluding hydrogens is 452 g/mol. The van der Waals surface area contributed by atoms with Gasteiger partial charge in [-0.15, -0.1) is 0 Å². The summed E-state index contributed by atoms with van der Waals surface area (Å²) in [6.45, 7) is 11.2. The van der Waals surface area contributed by atoms with Gasteiger partial charge in [-0.05, 0) is 33.1 Å². The van der Waals surface area contributed by atoms with E-state index in [0.717, 1.165) is 25.3 Å². The number of methoxy groups -OCH3 is 1. The zero-order chi connectivity index (χ0) is 25.8. The van der Waals surface area contributed by atoms with Crippen LogP contribution in [0.5, 0.6) is 5.75 Å². The van der Waals surface area contributed by atoms with Gasteiger partial charge in [-0.1, -0.05) is 6.92 Å². The maximum absolute atomic E-state index is 12.5. The molecule has 0 spiro atoms. The second-order valence-corrected chi connectivity index (χ2v) is 9.35. The topological polar surface area (TPSA) is 146 Å². The molecule has 1 saturated heterocycles. The Labute approximate surface area is 204 Å². The number of fused-ring (bicyclic) bond motifs is 1. The van der Waals surface area contributed by atoms with Gasteiger partial charge < -0.3 is 29.8 Å². The Balaban J connectivity index is 0.000000371. The van der Waals surface area contributed by atoms with Crippen LogP contribution in [0, 0.1) is 12.8 Å². The van der Waals surface area contributed by atoms with Gasteiger partial charge in [-0.25, -0.2) is 19.7 Å². The third kappa shape index (κ3) is 7.05. The van der Waals surface area contributed by atoms with Crippen molar-refractivity contribution >= 4 is 34.6 Å². The maximum Gasteiger partial charge on any atom is 0.405 e. The van der Waals surface area contributed by atoms with Crippen molar-refractivity contribution in [1.82, 2.24) is 15.0 Å². The highest BCUT2D eigenvalue weighted by Crippen LogP contribution is 2.30. The molecule has 0 bridgehead atoms. The van der Waals surface area contributed by atoms with Crippen LogP contribution < -0.4 is 20.7 Å². The van der Waals surface area contributed by atoms with E-state index in [-0.39, 0.29) is 11.6 Å². The summed E-state index contributed by atoms with van der Waals surface area (Å²) in [7, 11) is 1.55. The fourth-order valence-corrected chi connectivity index (χ4v) is 3.58. The van der Waals surface area contributed by atoms with E-state index in [9.17, 15) is 9.59 Å². The summed E-state index contributed by atoms with van der Waals surface area (Å²) in [6.07, 6.45) is 3.57. The first-order valence-corrected chi connectivity index (χ1v) is 11.3. The van der Waals surface area contributed by atoms with E-state index in [1.807, 2.05) is 0 Å². The first-order chi connectivity index (χ1) is 16.4. The summed E-state index contributed by atoms with van der Waals surface area (Å²) in [5.74, 6) is 2.17. The standard InChI is InChI=1S/C19H21N5O3.C5H11NO2/c1-11-4-5-24(10-11)17-9-20-14(8-21-17)19(25)23-13-6-15(26-3)18-16(7-13)27-12(2)22-18;1-5(2,3)8-4(6)7/h6-9,11H,4-5,10H2,1-3H3,(H,23,25);1-3H3,(H2,6,7)/t11-;/m1./s1. The number of carbonyl (C=O) groups is 2. The molecule has 11 nitrogen and oxygen atoms in total. The molecule has 11 heteroatoms. The number of hydrogen-bond acceptors (Lipinski definition) is 9. The normalized spacial score (nSPS) is 15.4. The Morgan fingerprint density at radius 1 is 1.23 bits per heavy atom. The number of primary amides is 1. The summed E-state index contributed by atoms with van der Waals surface area (Å²) >= 11 is 0. The number of nitrogens with two attached hydrogens (primary N) is 1. The maximum atomic E-state index is 12.5. The molecule has 1 aliphatic heterocycles. The van der Waals surface area contributed by atoms with Crippen LogP contribution in [0.15, 0.2) is 28.9 Å². The average molecular weight is 485 g/mol. The molecule has 2 aromatic heterocycles. The smallest absolute Gasteiger partial charge is 0.405 e. The lowest BCUT2D eigenvalue weighted by Gasteiger charge is -2.16. The SMILES string of the molecule is CC(C)(C)OC(N)=O.COc1cc(NC(=O)c2cnc(N3CC[C@@H](C)C3)cn2)cc2oc(C)nc12. The molecule has 3 aromatic rings. The predicted octanol–water partition coefficient (Wildman–Crippen LogP) is 3.91. The summed E-state index contributed by atoms with van der Waals surface area (Å²) in [4.78, 5) is 37.7. The van der Waals surface area contributed by atoms with Gasteiger partial charge in [-0.2, -0.15) is 0 Å². The monoisotopic (exact) mass is 484 g/mol. The van der Waals surface area contributed by atoms with Crippen molar-refractivity contribution in [2.24, 2.45) is 11.7 Å². The minimum atomic E-state index is -0.725. The van der Waals surface area contributed by atoms with Crippen LogP contribution in [-0.2, 0) is 4.74 Å². The molecular formula is C24H32N6O5. The number of nitrogens with zero attached hydrogens (tertiary/aromatic N) is 4. The highest BCUT2D eigenvalue weighted by molar-refractivity contribution is 6.03. The number of ether oxygens (including phenoxy) is 2. The van der Waals surface area contributed by atoms with Crippen LogP contribution in [0.3, 0.4) is 0 Å². The fraction of sp³-hybridized carbons (Fsp3) is 0.458. The highest BCUT2D eigenvalue weighted by Gasteiger charge is 2.21. The van der Waals surface area contributed by atoms with Gasteiger partial charge in [0.05, 0.1) is 19.5 Å². The number of amides is 2. The number of nitrogens with one attached hydrogen (secondary N) is 1. The average Bonchev–Trinajstić information content (AvgIpc) is 3.36. The zero-order valence-electron chi connectivity index (χ0n) is 20.9. The number of rotatable bonds is 4. The predicted molar refractivity (Wildman–Crippen MR) is 132 cm³/mol. The van der Waals surface area contributed by atoms with Crippen LogP contribution in [0.2, 0.25) is 0 Å². The zero-order valence-corrected chi connectivity index (χ0v) is 20.9. The Morgan fingerprint density at radius 3 is 2.49 bits per heavy atom. The van der Waals surface area contributed by atoms with Crippen molar-refractivity contribution in [1.29, 1.82) is 0 Å². The van der Waals surface area contributed by atoms with E-state index in [1.165, 1.54) is 6.20 Å². The van der Waals surface area contributed by atoms with Crippen LogP contribution >= 0.6 is 0 Å². The van der Waals surface area contributed by atoms with Gasteiger partial charge >= 0.3 is 6.09 Å². The Bertz CT molecular complexity index is 1190. The van der Waals surface area contributed by atoms with Crippen molar-refractivity contribution < 1.29 is 23.5 Å². The number of benzene rings is 1. The molecule has 0 radical (unpaired) electrons.